The van der Waals surface area contributed by atoms with E-state index in [2.05, 4.69) is 10.3 Å². The zero-order valence-electron chi connectivity index (χ0n) is 12.4. The summed E-state index contributed by atoms with van der Waals surface area (Å²) in [6.07, 6.45) is 4.34. The van der Waals surface area contributed by atoms with E-state index in [4.69, 9.17) is 14.2 Å². The maximum absolute atomic E-state index is 5.43. The molecule has 0 amide bonds. The predicted octanol–water partition coefficient (Wildman–Crippen LogP) is 1.67. The van der Waals surface area contributed by atoms with Crippen molar-refractivity contribution in [1.29, 1.82) is 0 Å². The topological polar surface area (TPSA) is 52.1 Å². The van der Waals surface area contributed by atoms with Crippen LogP contribution in [0.3, 0.4) is 0 Å². The van der Waals surface area contributed by atoms with Crippen molar-refractivity contribution >= 4 is 16.9 Å². The normalized spacial score (nSPS) is 23.4. The summed E-state index contributed by atoms with van der Waals surface area (Å²) in [6.45, 7) is 4.80. The number of hydrogen-bond acceptors (Lipinski definition) is 5. The van der Waals surface area contributed by atoms with Crippen LogP contribution in [0.4, 0.5) is 0 Å². The number of amidine groups is 1. The molecule has 0 aromatic carbocycles. The van der Waals surface area contributed by atoms with Crippen LogP contribution in [0.15, 0.2) is 4.99 Å². The highest BCUT2D eigenvalue weighted by atomic mass is 32.2. The molecule has 0 aromatic heterocycles. The molecule has 0 aliphatic carbocycles. The summed E-state index contributed by atoms with van der Waals surface area (Å²) < 4.78 is 15.8. The van der Waals surface area contributed by atoms with Crippen molar-refractivity contribution in [3.8, 4) is 0 Å². The fourth-order valence-electron chi connectivity index (χ4n) is 2.36. The first-order valence-corrected chi connectivity index (χ1v) is 8.43. The molecular weight excluding hydrogens is 276 g/mol. The smallest absolute Gasteiger partial charge is 0.157 e. The molecule has 0 atom stereocenters. The molecule has 2 rings (SSSR count). The first-order chi connectivity index (χ1) is 9.85. The Morgan fingerprint density at radius 1 is 1.25 bits per heavy atom. The molecule has 20 heavy (non-hydrogen) atoms. The number of unbranched alkanes of at least 4 members (excludes halogenated alkanes) is 1. The minimum atomic E-state index is 0.255. The molecule has 0 unspecified atom stereocenters. The Kier molecular flexibility index (Phi) is 7.13. The van der Waals surface area contributed by atoms with Gasteiger partial charge in [0.05, 0.1) is 18.8 Å². The molecular formula is C14H26N2O3S. The third kappa shape index (κ3) is 5.24. The van der Waals surface area contributed by atoms with Crippen LogP contribution in [0.1, 0.15) is 25.7 Å². The van der Waals surface area contributed by atoms with Gasteiger partial charge in [0.1, 0.15) is 0 Å². The maximum Gasteiger partial charge on any atom is 0.157 e. The number of thioether (sulfide) groups is 1. The second-order valence-corrected chi connectivity index (χ2v) is 6.27. The summed E-state index contributed by atoms with van der Waals surface area (Å²) >= 11 is 1.86. The van der Waals surface area contributed by atoms with Crippen molar-refractivity contribution in [1.82, 2.24) is 5.32 Å². The minimum absolute atomic E-state index is 0.255. The Morgan fingerprint density at radius 2 is 2.10 bits per heavy atom. The minimum Gasteiger partial charge on any atom is -0.382 e. The van der Waals surface area contributed by atoms with Gasteiger partial charge in [-0.3, -0.25) is 4.99 Å². The van der Waals surface area contributed by atoms with Crippen LogP contribution in [0.25, 0.3) is 0 Å². The van der Waals surface area contributed by atoms with Crippen LogP contribution in [0.2, 0.25) is 0 Å². The first kappa shape index (κ1) is 16.1. The van der Waals surface area contributed by atoms with Crippen molar-refractivity contribution in [3.63, 3.8) is 0 Å². The van der Waals surface area contributed by atoms with E-state index >= 15 is 0 Å². The lowest BCUT2D eigenvalue weighted by molar-refractivity contribution is 0.0555. The Bertz CT molecular complexity index is 307. The average molecular weight is 302 g/mol. The van der Waals surface area contributed by atoms with Crippen molar-refractivity contribution in [3.05, 3.63) is 0 Å². The number of rotatable bonds is 8. The van der Waals surface area contributed by atoms with Crippen LogP contribution in [-0.2, 0) is 14.2 Å². The molecule has 0 aromatic rings. The molecule has 2 aliphatic rings. The standard InChI is InChI=1S/C14H26N2O3S/c1-17-10-11-18-7-3-2-6-15-13-16-14(12-20-13)4-8-19-9-5-14/h2-12H2,1H3,(H,15,16). The summed E-state index contributed by atoms with van der Waals surface area (Å²) in [6, 6.07) is 0. The number of hydrogen-bond donors (Lipinski definition) is 1. The van der Waals surface area contributed by atoms with Crippen molar-refractivity contribution in [2.24, 2.45) is 4.99 Å². The lowest BCUT2D eigenvalue weighted by atomic mass is 9.93. The highest BCUT2D eigenvalue weighted by Crippen LogP contribution is 2.31. The van der Waals surface area contributed by atoms with Gasteiger partial charge in [-0.1, -0.05) is 11.8 Å². The van der Waals surface area contributed by atoms with E-state index in [-0.39, 0.29) is 5.54 Å². The molecule has 1 N–H and O–H groups in total. The van der Waals surface area contributed by atoms with Gasteiger partial charge in [0.15, 0.2) is 5.17 Å². The second-order valence-electron chi connectivity index (χ2n) is 5.31. The lowest BCUT2D eigenvalue weighted by Crippen LogP contribution is -2.48. The van der Waals surface area contributed by atoms with Crippen LogP contribution in [-0.4, -0.2) is 63.1 Å². The largest absolute Gasteiger partial charge is 0.382 e. The molecule has 0 radical (unpaired) electrons. The SMILES string of the molecule is COCCOCCCCN=C1NC2(CCOCC2)CS1. The number of ether oxygens (including phenoxy) is 3. The van der Waals surface area contributed by atoms with Crippen molar-refractivity contribution in [2.75, 3.05) is 52.4 Å². The fraction of sp³-hybridized carbons (Fsp3) is 0.929. The molecule has 2 aliphatic heterocycles. The maximum atomic E-state index is 5.43. The van der Waals surface area contributed by atoms with Gasteiger partial charge < -0.3 is 19.5 Å². The van der Waals surface area contributed by atoms with Gasteiger partial charge in [0.25, 0.3) is 0 Å². The van der Waals surface area contributed by atoms with E-state index in [0.717, 1.165) is 63.0 Å². The Labute approximate surface area is 125 Å². The van der Waals surface area contributed by atoms with Crippen LogP contribution >= 0.6 is 11.8 Å². The second kappa shape index (κ2) is 8.87. The number of nitrogens with one attached hydrogen (secondary N) is 1. The molecule has 1 spiro atoms. The van der Waals surface area contributed by atoms with Gasteiger partial charge in [-0.05, 0) is 25.7 Å². The van der Waals surface area contributed by atoms with E-state index in [9.17, 15) is 0 Å². The molecule has 5 nitrogen and oxygen atoms in total. The summed E-state index contributed by atoms with van der Waals surface area (Å²) in [7, 11) is 1.69. The van der Waals surface area contributed by atoms with E-state index in [1.165, 1.54) is 0 Å². The molecule has 2 fully saturated rings. The molecule has 2 saturated heterocycles. The van der Waals surface area contributed by atoms with Crippen LogP contribution in [0.5, 0.6) is 0 Å². The summed E-state index contributed by atoms with van der Waals surface area (Å²) in [5.74, 6) is 1.13. The third-order valence-corrected chi connectivity index (χ3v) is 4.89. The van der Waals surface area contributed by atoms with Gasteiger partial charge in [0, 0.05) is 39.2 Å². The quantitative estimate of drug-likeness (QED) is 0.691. The summed E-state index contributed by atoms with van der Waals surface area (Å²) in [5.41, 5.74) is 0.255. The molecule has 116 valence electrons. The Morgan fingerprint density at radius 3 is 2.90 bits per heavy atom. The average Bonchev–Trinajstić information content (AvgIpc) is 2.85. The van der Waals surface area contributed by atoms with Gasteiger partial charge in [0.2, 0.25) is 0 Å². The van der Waals surface area contributed by atoms with Crippen molar-refractivity contribution in [2.45, 2.75) is 31.2 Å². The molecule has 6 heteroatoms. The predicted molar refractivity (Wildman–Crippen MR) is 82.6 cm³/mol. The van der Waals surface area contributed by atoms with Crippen LogP contribution < -0.4 is 5.32 Å². The van der Waals surface area contributed by atoms with Crippen molar-refractivity contribution < 1.29 is 14.2 Å². The summed E-state index contributed by atoms with van der Waals surface area (Å²) in [4.78, 5) is 4.65. The third-order valence-electron chi connectivity index (χ3n) is 3.69. The highest BCUT2D eigenvalue weighted by Gasteiger charge is 2.38. The summed E-state index contributed by atoms with van der Waals surface area (Å²) in [5, 5.41) is 4.73. The van der Waals surface area contributed by atoms with Crippen LogP contribution in [0, 0.1) is 0 Å². The molecule has 0 bridgehead atoms. The number of nitrogens with zero attached hydrogens (tertiary/aromatic N) is 1. The number of aliphatic imine (C=N–C) groups is 1. The number of methoxy groups -OCH3 is 1. The Balaban J connectivity index is 1.54. The van der Waals surface area contributed by atoms with Gasteiger partial charge in [-0.2, -0.15) is 0 Å². The van der Waals surface area contributed by atoms with Gasteiger partial charge in [-0.15, -0.1) is 0 Å². The molecule has 2 heterocycles. The van der Waals surface area contributed by atoms with E-state index in [1.807, 2.05) is 11.8 Å². The van der Waals surface area contributed by atoms with Gasteiger partial charge in [-0.25, -0.2) is 0 Å². The van der Waals surface area contributed by atoms with Gasteiger partial charge >= 0.3 is 0 Å². The zero-order valence-corrected chi connectivity index (χ0v) is 13.2. The lowest BCUT2D eigenvalue weighted by Gasteiger charge is -2.32. The first-order valence-electron chi connectivity index (χ1n) is 7.44. The monoisotopic (exact) mass is 302 g/mol. The fourth-order valence-corrected chi connectivity index (χ4v) is 3.61. The highest BCUT2D eigenvalue weighted by molar-refractivity contribution is 8.14. The van der Waals surface area contributed by atoms with E-state index in [0.29, 0.717) is 13.2 Å². The van der Waals surface area contributed by atoms with E-state index < -0.39 is 0 Å². The molecule has 0 saturated carbocycles. The van der Waals surface area contributed by atoms with E-state index in [1.54, 1.807) is 7.11 Å². The zero-order chi connectivity index (χ0) is 14.1. The Hall–Kier alpha value is -0.300.